The van der Waals surface area contributed by atoms with Crippen molar-refractivity contribution in [3.05, 3.63) is 64.7 Å². The van der Waals surface area contributed by atoms with E-state index in [1.165, 1.54) is 4.90 Å². The Hall–Kier alpha value is -4.05. The van der Waals surface area contributed by atoms with Crippen LogP contribution in [0.4, 0.5) is 41.6 Å². The molecule has 0 aliphatic carbocycles. The van der Waals surface area contributed by atoms with Gasteiger partial charge in [0, 0.05) is 63.1 Å². The number of likely N-dealkylation sites (tertiary alicyclic amines) is 2. The second-order valence-corrected chi connectivity index (χ2v) is 13.7. The van der Waals surface area contributed by atoms with Crippen LogP contribution >= 0.6 is 0 Å². The summed E-state index contributed by atoms with van der Waals surface area (Å²) in [5.74, 6) is -1.92. The maximum atomic E-state index is 14.5. The molecule has 6 rings (SSSR count). The minimum absolute atomic E-state index is 0.0246. The van der Waals surface area contributed by atoms with Gasteiger partial charge in [0.1, 0.15) is 6.09 Å². The molecule has 278 valence electrons. The summed E-state index contributed by atoms with van der Waals surface area (Å²) in [7, 11) is 0. The minimum Gasteiger partial charge on any atom is -0.530 e. The highest BCUT2D eigenvalue weighted by Gasteiger charge is 2.44. The molecule has 4 aliphatic rings. The Morgan fingerprint density at radius 1 is 0.863 bits per heavy atom. The summed E-state index contributed by atoms with van der Waals surface area (Å²) >= 11 is 0. The van der Waals surface area contributed by atoms with Crippen molar-refractivity contribution in [3.63, 3.8) is 0 Å². The van der Waals surface area contributed by atoms with Crippen molar-refractivity contribution >= 4 is 23.7 Å². The number of nitrogens with one attached hydrogen (secondary N) is 1. The normalized spacial score (nSPS) is 23.3. The van der Waals surface area contributed by atoms with E-state index in [9.17, 15) is 45.8 Å². The van der Waals surface area contributed by atoms with Gasteiger partial charge < -0.3 is 34.7 Å². The van der Waals surface area contributed by atoms with Gasteiger partial charge in [-0.05, 0) is 73.9 Å². The number of alkyl halides is 6. The number of carboxylic acid groups (broad SMARTS) is 1. The van der Waals surface area contributed by atoms with Crippen LogP contribution in [0.1, 0.15) is 47.9 Å². The van der Waals surface area contributed by atoms with Gasteiger partial charge in [-0.15, -0.1) is 0 Å². The first kappa shape index (κ1) is 36.7. The number of carbonyl (C=O) groups excluding carboxylic acids is 3. The van der Waals surface area contributed by atoms with E-state index in [0.717, 1.165) is 23.6 Å². The third-order valence-corrected chi connectivity index (χ3v) is 10.7. The number of benzene rings is 2. The summed E-state index contributed by atoms with van der Waals surface area (Å²) in [6.45, 7) is 3.33. The van der Waals surface area contributed by atoms with Crippen LogP contribution in [0.5, 0.6) is 0 Å². The first-order valence-corrected chi connectivity index (χ1v) is 17.2. The van der Waals surface area contributed by atoms with E-state index in [4.69, 9.17) is 4.74 Å². The van der Waals surface area contributed by atoms with Crippen molar-refractivity contribution in [1.82, 2.24) is 19.6 Å². The number of halogens is 6. The molecule has 3 fully saturated rings. The van der Waals surface area contributed by atoms with E-state index in [-0.39, 0.29) is 51.1 Å². The zero-order valence-electron chi connectivity index (χ0n) is 27.8. The summed E-state index contributed by atoms with van der Waals surface area (Å²) in [6.07, 6.45) is -10.6. The van der Waals surface area contributed by atoms with E-state index in [0.29, 0.717) is 50.3 Å². The highest BCUT2D eigenvalue weighted by molar-refractivity contribution is 5.91. The Bertz CT molecular complexity index is 1560. The average Bonchev–Trinajstić information content (AvgIpc) is 3.27. The monoisotopic (exact) mass is 724 g/mol. The molecule has 4 heterocycles. The maximum absolute atomic E-state index is 14.5. The molecule has 0 saturated carbocycles. The number of rotatable bonds is 6. The van der Waals surface area contributed by atoms with Crippen molar-refractivity contribution < 1.29 is 50.6 Å². The van der Waals surface area contributed by atoms with Crippen molar-refractivity contribution in [2.45, 2.75) is 69.0 Å². The molecule has 1 N–H and O–H groups in total. The highest BCUT2D eigenvalue weighted by atomic mass is 19.4. The lowest BCUT2D eigenvalue weighted by atomic mass is 9.81. The molecule has 4 aliphatic heterocycles. The zero-order chi connectivity index (χ0) is 36.5. The topological polar surface area (TPSA) is 108 Å². The van der Waals surface area contributed by atoms with E-state index >= 15 is 0 Å². The molecule has 0 spiro atoms. The highest BCUT2D eigenvalue weighted by Crippen LogP contribution is 2.38. The van der Waals surface area contributed by atoms with Crippen LogP contribution in [-0.2, 0) is 34.7 Å². The predicted octanol–water partition coefficient (Wildman–Crippen LogP) is 4.47. The van der Waals surface area contributed by atoms with Crippen LogP contribution in [0.25, 0.3) is 0 Å². The largest absolute Gasteiger partial charge is 0.530 e. The Balaban J connectivity index is 1.32. The molecule has 2 aromatic carbocycles. The third kappa shape index (κ3) is 8.37. The molecule has 3 saturated heterocycles. The van der Waals surface area contributed by atoms with Crippen molar-refractivity contribution in [2.75, 3.05) is 57.8 Å². The third-order valence-electron chi connectivity index (χ3n) is 10.7. The predicted molar refractivity (Wildman–Crippen MR) is 170 cm³/mol. The van der Waals surface area contributed by atoms with Gasteiger partial charge in [0.25, 0.3) is 0 Å². The van der Waals surface area contributed by atoms with Gasteiger partial charge >= 0.3 is 18.4 Å². The summed E-state index contributed by atoms with van der Waals surface area (Å²) < 4.78 is 88.7. The lowest BCUT2D eigenvalue weighted by molar-refractivity contribution is -0.270. The zero-order valence-corrected chi connectivity index (χ0v) is 27.8. The molecule has 51 heavy (non-hydrogen) atoms. The SMILES string of the molecule is O=C(C(Cc1cc(C(F)(F)F)cc(C(F)(F)F)c1)[C@H]1CC(N2CCc3ccccc3NC2=O)CCN1C(=O)[O-])N1CCC(N2CCOCC2)CC1. The summed E-state index contributed by atoms with van der Waals surface area (Å²) in [4.78, 5) is 46.8. The number of para-hydroxylation sites is 1. The molecule has 10 nitrogen and oxygen atoms in total. The molecular weight excluding hydrogens is 684 g/mol. The van der Waals surface area contributed by atoms with Gasteiger partial charge in [-0.1, -0.05) is 18.2 Å². The Morgan fingerprint density at radius 3 is 2.12 bits per heavy atom. The van der Waals surface area contributed by atoms with Crippen molar-refractivity contribution in [2.24, 2.45) is 5.92 Å². The van der Waals surface area contributed by atoms with Gasteiger partial charge in [-0.25, -0.2) is 4.79 Å². The van der Waals surface area contributed by atoms with Gasteiger partial charge in [0.2, 0.25) is 5.91 Å². The number of anilines is 1. The minimum atomic E-state index is -5.11. The van der Waals surface area contributed by atoms with Crippen molar-refractivity contribution in [3.8, 4) is 0 Å². The van der Waals surface area contributed by atoms with Crippen LogP contribution in [-0.4, -0.2) is 108 Å². The smallest absolute Gasteiger partial charge is 0.416 e. The molecule has 2 unspecified atom stereocenters. The molecule has 4 amide bonds. The summed E-state index contributed by atoms with van der Waals surface area (Å²) in [5, 5.41) is 15.4. The molecular formula is C35H40F6N5O5-. The average molecular weight is 725 g/mol. The van der Waals surface area contributed by atoms with Crippen LogP contribution in [0, 0.1) is 5.92 Å². The summed E-state index contributed by atoms with van der Waals surface area (Å²) in [6, 6.07) is 6.43. The number of morpholine rings is 1. The fourth-order valence-electron chi connectivity index (χ4n) is 8.01. The van der Waals surface area contributed by atoms with Gasteiger partial charge in [-0.3, -0.25) is 9.69 Å². The first-order chi connectivity index (χ1) is 24.2. The Labute approximate surface area is 291 Å². The van der Waals surface area contributed by atoms with E-state index in [1.807, 2.05) is 12.1 Å². The molecule has 3 atom stereocenters. The lowest BCUT2D eigenvalue weighted by Crippen LogP contribution is -2.61. The fraction of sp³-hybridized carbons (Fsp3) is 0.571. The number of amides is 4. The number of hydrogen-bond donors (Lipinski definition) is 1. The van der Waals surface area contributed by atoms with Crippen LogP contribution in [0.15, 0.2) is 42.5 Å². The van der Waals surface area contributed by atoms with Crippen LogP contribution in [0.2, 0.25) is 0 Å². The summed E-state index contributed by atoms with van der Waals surface area (Å²) in [5.41, 5.74) is -1.92. The first-order valence-electron chi connectivity index (χ1n) is 17.2. The Morgan fingerprint density at radius 2 is 1.49 bits per heavy atom. The molecule has 0 radical (unpaired) electrons. The number of piperidine rings is 2. The quantitative estimate of drug-likeness (QED) is 0.441. The van der Waals surface area contributed by atoms with Crippen molar-refractivity contribution in [1.29, 1.82) is 0 Å². The molecule has 16 heteroatoms. The van der Waals surface area contributed by atoms with E-state index < -0.39 is 71.5 Å². The van der Waals surface area contributed by atoms with Gasteiger partial charge in [0.15, 0.2) is 0 Å². The lowest BCUT2D eigenvalue weighted by Gasteiger charge is -2.48. The van der Waals surface area contributed by atoms with E-state index in [1.54, 1.807) is 17.0 Å². The van der Waals surface area contributed by atoms with E-state index in [2.05, 4.69) is 10.2 Å². The maximum Gasteiger partial charge on any atom is 0.416 e. The standard InChI is InChI=1S/C35H41F6N5O5/c36-34(37,38)24-17-22(18-25(20-24)35(39,40)41)19-28(31(47)44-9-6-26(7-10-44)43-13-15-51-16-14-43)30-21-27(8-12-46(30)33(49)50)45-11-5-23-3-1-2-4-29(23)42-32(45)48/h1-4,17-18,20,26-28,30H,5-16,19,21H2,(H,42,48)(H,49,50)/p-1/t27?,28?,30-/m1/s1. The Kier molecular flexibility index (Phi) is 10.7. The molecule has 2 aromatic rings. The number of nitrogens with zero attached hydrogens (tertiary/aromatic N) is 4. The number of hydrogen-bond acceptors (Lipinski definition) is 6. The second-order valence-electron chi connectivity index (χ2n) is 13.7. The van der Waals surface area contributed by atoms with Gasteiger partial charge in [-0.2, -0.15) is 26.3 Å². The number of ether oxygens (including phenoxy) is 1. The number of fused-ring (bicyclic) bond motifs is 1. The number of carbonyl (C=O) groups is 3. The molecule has 0 bridgehead atoms. The second kappa shape index (κ2) is 14.9. The van der Waals surface area contributed by atoms with Crippen LogP contribution < -0.4 is 10.4 Å². The van der Waals surface area contributed by atoms with Crippen LogP contribution in [0.3, 0.4) is 0 Å². The fourth-order valence-corrected chi connectivity index (χ4v) is 8.01. The van der Waals surface area contributed by atoms with Gasteiger partial charge in [0.05, 0.1) is 30.3 Å². The number of urea groups is 1. The molecule has 0 aromatic heterocycles.